The van der Waals surface area contributed by atoms with Crippen LogP contribution in [-0.4, -0.2) is 28.4 Å². The van der Waals surface area contributed by atoms with Gasteiger partial charge in [0.2, 0.25) is 5.95 Å². The van der Waals surface area contributed by atoms with Crippen LogP contribution in [0.5, 0.6) is 5.75 Å². The van der Waals surface area contributed by atoms with Gasteiger partial charge < -0.3 is 21.1 Å². The van der Waals surface area contributed by atoms with Crippen molar-refractivity contribution in [2.24, 2.45) is 11.1 Å². The fraction of sp³-hybridized carbons (Fsp3) is 0.333. The van der Waals surface area contributed by atoms with Crippen molar-refractivity contribution in [2.45, 2.75) is 27.7 Å². The minimum absolute atomic E-state index is 0.0475. The summed E-state index contributed by atoms with van der Waals surface area (Å²) in [7, 11) is 0. The molecule has 0 saturated heterocycles. The first kappa shape index (κ1) is 19.2. The van der Waals surface area contributed by atoms with E-state index in [0.717, 1.165) is 0 Å². The zero-order valence-electron chi connectivity index (χ0n) is 15.3. The van der Waals surface area contributed by atoms with Gasteiger partial charge in [-0.05, 0) is 29.7 Å². The highest BCUT2D eigenvalue weighted by molar-refractivity contribution is 5.98. The van der Waals surface area contributed by atoms with E-state index in [1.54, 1.807) is 24.3 Å². The Hall–Kier alpha value is -3.16. The van der Waals surface area contributed by atoms with E-state index in [2.05, 4.69) is 41.4 Å². The summed E-state index contributed by atoms with van der Waals surface area (Å²) in [5.41, 5.74) is 6.28. The van der Waals surface area contributed by atoms with Crippen LogP contribution >= 0.6 is 0 Å². The normalized spacial score (nSPS) is 10.9. The molecule has 0 unspecified atom stereocenters. The van der Waals surface area contributed by atoms with Gasteiger partial charge in [0, 0.05) is 25.4 Å². The predicted octanol–water partition coefficient (Wildman–Crippen LogP) is 2.70. The average molecular weight is 357 g/mol. The molecule has 1 amide bonds. The van der Waals surface area contributed by atoms with Crippen molar-refractivity contribution in [1.29, 1.82) is 0 Å². The van der Waals surface area contributed by atoms with Crippen molar-refractivity contribution in [3.05, 3.63) is 36.0 Å². The summed E-state index contributed by atoms with van der Waals surface area (Å²) >= 11 is 0. The Morgan fingerprint density at radius 3 is 2.38 bits per heavy atom. The molecule has 2 rings (SSSR count). The fourth-order valence-corrected chi connectivity index (χ4v) is 2.00. The zero-order chi connectivity index (χ0) is 19.3. The first-order valence-corrected chi connectivity index (χ1v) is 8.10. The summed E-state index contributed by atoms with van der Waals surface area (Å²) in [5.74, 6) is 0.0833. The molecule has 0 bridgehead atoms. The number of esters is 1. The molecule has 8 nitrogen and oxygen atoms in total. The third-order valence-corrected chi connectivity index (χ3v) is 3.21. The molecule has 2 aromatic rings. The van der Waals surface area contributed by atoms with Gasteiger partial charge in [-0.15, -0.1) is 0 Å². The van der Waals surface area contributed by atoms with E-state index in [1.807, 2.05) is 0 Å². The Labute approximate surface area is 152 Å². The number of nitrogens with one attached hydrogen (secondary N) is 2. The number of primary amides is 1. The second kappa shape index (κ2) is 7.81. The molecule has 0 atom stereocenters. The van der Waals surface area contributed by atoms with E-state index in [-0.39, 0.29) is 11.0 Å². The van der Waals surface area contributed by atoms with Crippen molar-refractivity contribution in [2.75, 3.05) is 17.2 Å². The van der Waals surface area contributed by atoms with Gasteiger partial charge in [0.05, 0.1) is 0 Å². The molecule has 0 aliphatic rings. The molecule has 1 aromatic carbocycles. The highest BCUT2D eigenvalue weighted by atomic mass is 16.5. The number of carbonyl (C=O) groups is 2. The van der Waals surface area contributed by atoms with E-state index >= 15 is 0 Å². The Bertz CT molecular complexity index is 797. The van der Waals surface area contributed by atoms with E-state index in [0.29, 0.717) is 29.7 Å². The third-order valence-electron chi connectivity index (χ3n) is 3.21. The van der Waals surface area contributed by atoms with Crippen LogP contribution in [0.3, 0.4) is 0 Å². The molecule has 0 aliphatic carbocycles. The van der Waals surface area contributed by atoms with Crippen LogP contribution in [0.4, 0.5) is 17.5 Å². The van der Waals surface area contributed by atoms with Crippen LogP contribution in [0, 0.1) is 5.41 Å². The zero-order valence-corrected chi connectivity index (χ0v) is 15.3. The first-order chi connectivity index (χ1) is 12.1. The summed E-state index contributed by atoms with van der Waals surface area (Å²) in [6.07, 6.45) is 1.38. The van der Waals surface area contributed by atoms with Crippen molar-refractivity contribution < 1.29 is 14.3 Å². The minimum atomic E-state index is -0.633. The fourth-order valence-electron chi connectivity index (χ4n) is 2.00. The first-order valence-electron chi connectivity index (χ1n) is 8.10. The number of benzene rings is 1. The summed E-state index contributed by atoms with van der Waals surface area (Å²) in [6, 6.07) is 6.67. The molecule has 26 heavy (non-hydrogen) atoms. The maximum absolute atomic E-state index is 11.6. The summed E-state index contributed by atoms with van der Waals surface area (Å²) < 4.78 is 4.99. The summed E-state index contributed by atoms with van der Waals surface area (Å²) in [6.45, 7) is 8.25. The Balaban J connectivity index is 2.22. The number of nitrogens with two attached hydrogens (primary N) is 1. The van der Waals surface area contributed by atoms with Crippen molar-refractivity contribution in [3.8, 4) is 5.75 Å². The number of hydrogen-bond donors (Lipinski definition) is 3. The van der Waals surface area contributed by atoms with Gasteiger partial charge >= 0.3 is 5.97 Å². The van der Waals surface area contributed by atoms with Crippen LogP contribution in [0.2, 0.25) is 0 Å². The largest absolute Gasteiger partial charge is 0.427 e. The van der Waals surface area contributed by atoms with Gasteiger partial charge in [0.15, 0.2) is 0 Å². The lowest BCUT2D eigenvalue weighted by Gasteiger charge is -2.19. The van der Waals surface area contributed by atoms with Gasteiger partial charge in [-0.1, -0.05) is 20.8 Å². The molecule has 0 saturated carbocycles. The number of anilines is 3. The summed E-state index contributed by atoms with van der Waals surface area (Å²) in [4.78, 5) is 31.1. The maximum Gasteiger partial charge on any atom is 0.308 e. The number of hydrogen-bond acceptors (Lipinski definition) is 7. The van der Waals surface area contributed by atoms with Crippen LogP contribution in [0.15, 0.2) is 30.5 Å². The van der Waals surface area contributed by atoms with E-state index in [4.69, 9.17) is 10.5 Å². The lowest BCUT2D eigenvalue weighted by molar-refractivity contribution is -0.131. The molecule has 1 aromatic heterocycles. The number of rotatable bonds is 6. The summed E-state index contributed by atoms with van der Waals surface area (Å²) in [5, 5.41) is 6.18. The molecular weight excluding hydrogens is 334 g/mol. The van der Waals surface area contributed by atoms with Gasteiger partial charge in [-0.2, -0.15) is 4.98 Å². The molecule has 0 radical (unpaired) electrons. The smallest absolute Gasteiger partial charge is 0.308 e. The molecule has 138 valence electrons. The number of nitrogens with zero attached hydrogens (tertiary/aromatic N) is 2. The van der Waals surface area contributed by atoms with Gasteiger partial charge in [0.1, 0.15) is 17.1 Å². The second-order valence-electron chi connectivity index (χ2n) is 6.98. The average Bonchev–Trinajstić information content (AvgIpc) is 2.53. The van der Waals surface area contributed by atoms with Gasteiger partial charge in [-0.25, -0.2) is 4.98 Å². The third kappa shape index (κ3) is 5.73. The molecule has 1 heterocycles. The minimum Gasteiger partial charge on any atom is -0.427 e. The van der Waals surface area contributed by atoms with Crippen LogP contribution in [-0.2, 0) is 4.79 Å². The van der Waals surface area contributed by atoms with Gasteiger partial charge in [-0.3, -0.25) is 9.59 Å². The number of aromatic nitrogens is 2. The standard InChI is InChI=1S/C18H23N5O3/c1-11(24)26-13-7-5-12(6-8-13)22-16-14(15(19)25)9-20-17(23-16)21-10-18(2,3)4/h5-9H,10H2,1-4H3,(H2,19,25)(H2,20,21,22,23). The van der Waals surface area contributed by atoms with Gasteiger partial charge in [0.25, 0.3) is 5.91 Å². The lowest BCUT2D eigenvalue weighted by Crippen LogP contribution is -2.21. The maximum atomic E-state index is 11.6. The lowest BCUT2D eigenvalue weighted by atomic mass is 9.97. The number of ether oxygens (including phenoxy) is 1. The number of carbonyl (C=O) groups excluding carboxylic acids is 2. The van der Waals surface area contributed by atoms with Crippen LogP contribution < -0.4 is 21.1 Å². The molecule has 0 spiro atoms. The Kier molecular flexibility index (Phi) is 5.76. The SMILES string of the molecule is CC(=O)Oc1ccc(Nc2nc(NCC(C)(C)C)ncc2C(N)=O)cc1. The number of amides is 1. The van der Waals surface area contributed by atoms with E-state index < -0.39 is 11.9 Å². The highest BCUT2D eigenvalue weighted by Gasteiger charge is 2.15. The molecule has 0 fully saturated rings. The monoisotopic (exact) mass is 357 g/mol. The van der Waals surface area contributed by atoms with Crippen molar-refractivity contribution >= 4 is 29.3 Å². The van der Waals surface area contributed by atoms with Crippen molar-refractivity contribution in [3.63, 3.8) is 0 Å². The molecule has 4 N–H and O–H groups in total. The van der Waals surface area contributed by atoms with E-state index in [9.17, 15) is 9.59 Å². The topological polar surface area (TPSA) is 119 Å². The highest BCUT2D eigenvalue weighted by Crippen LogP contribution is 2.22. The predicted molar refractivity (Wildman–Crippen MR) is 99.5 cm³/mol. The quantitative estimate of drug-likeness (QED) is 0.537. The van der Waals surface area contributed by atoms with Crippen LogP contribution in [0.25, 0.3) is 0 Å². The van der Waals surface area contributed by atoms with Crippen molar-refractivity contribution in [1.82, 2.24) is 9.97 Å². The van der Waals surface area contributed by atoms with Crippen LogP contribution in [0.1, 0.15) is 38.1 Å². The molecule has 0 aliphatic heterocycles. The molecular formula is C18H23N5O3. The second-order valence-corrected chi connectivity index (χ2v) is 6.98. The van der Waals surface area contributed by atoms with E-state index in [1.165, 1.54) is 13.1 Å². The Morgan fingerprint density at radius 2 is 1.85 bits per heavy atom. The molecule has 8 heteroatoms. The Morgan fingerprint density at radius 1 is 1.19 bits per heavy atom.